The quantitative estimate of drug-likeness (QED) is 0.330. The summed E-state index contributed by atoms with van der Waals surface area (Å²) in [5.74, 6) is -0.370. The van der Waals surface area contributed by atoms with Gasteiger partial charge >= 0.3 is 0 Å². The molecule has 4 unspecified atom stereocenters. The number of aliphatic hydroxyl groups excluding tert-OH is 4. The summed E-state index contributed by atoms with van der Waals surface area (Å²) in [6, 6.07) is 8.46. The molecule has 0 spiro atoms. The molecule has 6 N–H and O–H groups in total. The van der Waals surface area contributed by atoms with Crippen LogP contribution in [-0.2, 0) is 4.74 Å². The zero-order valence-corrected chi connectivity index (χ0v) is 16.9. The number of phenolic OH excluding ortho intramolecular Hbond substituents is 2. The molecule has 1 fully saturated rings. The molecule has 1 aliphatic rings. The molecule has 1 saturated heterocycles. The minimum Gasteiger partial charge on any atom is -0.508 e. The number of hydrogen-bond donors (Lipinski definition) is 6. The average molecular weight is 446 g/mol. The van der Waals surface area contributed by atoms with Crippen molar-refractivity contribution in [1.82, 2.24) is 0 Å². The number of aromatic hydroxyl groups is 2. The van der Waals surface area contributed by atoms with Gasteiger partial charge in [-0.25, -0.2) is 0 Å². The van der Waals surface area contributed by atoms with Crippen molar-refractivity contribution < 1.29 is 44.5 Å². The summed E-state index contributed by atoms with van der Waals surface area (Å²) in [5.41, 5.74) is -0.233. The van der Waals surface area contributed by atoms with Gasteiger partial charge in [0.15, 0.2) is 5.43 Å². The van der Waals surface area contributed by atoms with Crippen molar-refractivity contribution >= 4 is 11.0 Å². The van der Waals surface area contributed by atoms with Gasteiger partial charge < -0.3 is 44.5 Å². The second-order valence-electron chi connectivity index (χ2n) is 7.49. The molecular formula is C22H22O10. The van der Waals surface area contributed by atoms with E-state index in [1.165, 1.54) is 25.3 Å². The van der Waals surface area contributed by atoms with Crippen LogP contribution in [0.25, 0.3) is 22.3 Å². The van der Waals surface area contributed by atoms with E-state index in [0.717, 1.165) is 6.07 Å². The third-order valence-electron chi connectivity index (χ3n) is 5.54. The van der Waals surface area contributed by atoms with E-state index < -0.39 is 48.3 Å². The van der Waals surface area contributed by atoms with E-state index in [-0.39, 0.29) is 33.8 Å². The Morgan fingerprint density at radius 3 is 2.31 bits per heavy atom. The van der Waals surface area contributed by atoms with Crippen molar-refractivity contribution in [3.8, 4) is 28.6 Å². The van der Waals surface area contributed by atoms with E-state index in [0.29, 0.717) is 5.56 Å². The lowest BCUT2D eigenvalue weighted by atomic mass is 9.89. The molecule has 32 heavy (non-hydrogen) atoms. The smallest absolute Gasteiger partial charge is 0.197 e. The van der Waals surface area contributed by atoms with E-state index in [2.05, 4.69) is 0 Å². The second-order valence-corrected chi connectivity index (χ2v) is 7.49. The van der Waals surface area contributed by atoms with Crippen molar-refractivity contribution in [2.75, 3.05) is 13.7 Å². The maximum atomic E-state index is 12.9. The Hall–Kier alpha value is -3.15. The predicted octanol–water partition coefficient (Wildman–Crippen LogP) is 0.395. The van der Waals surface area contributed by atoms with Gasteiger partial charge in [-0.2, -0.15) is 0 Å². The van der Waals surface area contributed by atoms with Crippen molar-refractivity contribution in [2.45, 2.75) is 30.5 Å². The zero-order chi connectivity index (χ0) is 23.2. The minimum atomic E-state index is -1.69. The molecule has 4 rings (SSSR count). The zero-order valence-electron chi connectivity index (χ0n) is 16.9. The molecule has 0 saturated carbocycles. The fourth-order valence-electron chi connectivity index (χ4n) is 3.85. The predicted molar refractivity (Wildman–Crippen MR) is 111 cm³/mol. The van der Waals surface area contributed by atoms with Crippen LogP contribution in [0.3, 0.4) is 0 Å². The van der Waals surface area contributed by atoms with Gasteiger partial charge in [-0.05, 0) is 24.3 Å². The fourth-order valence-corrected chi connectivity index (χ4v) is 3.85. The van der Waals surface area contributed by atoms with Gasteiger partial charge in [0.1, 0.15) is 64.5 Å². The van der Waals surface area contributed by atoms with Crippen LogP contribution in [-0.4, -0.2) is 68.8 Å². The third-order valence-corrected chi connectivity index (χ3v) is 5.54. The number of ether oxygens (including phenoxy) is 2. The molecule has 10 nitrogen and oxygen atoms in total. The van der Waals surface area contributed by atoms with Crippen LogP contribution in [0.1, 0.15) is 11.7 Å². The first kappa shape index (κ1) is 22.1. The van der Waals surface area contributed by atoms with Gasteiger partial charge in [0.25, 0.3) is 0 Å². The standard InChI is InChI=1S/C22H22O10/c1-30-13-7-14-16(11(25)6-12(31-14)9-2-4-10(24)5-3-9)19(27)17(13)22-21(29)20(28)18(26)15(8-23)32-22/h2-7,15,18,20-24,26-29H,8H2,1H3/t15-,18?,20?,21?,22?/m1/s1. The highest BCUT2D eigenvalue weighted by atomic mass is 16.5. The Bertz CT molecular complexity index is 1180. The van der Waals surface area contributed by atoms with Crippen LogP contribution >= 0.6 is 0 Å². The molecule has 1 aromatic heterocycles. The largest absolute Gasteiger partial charge is 0.508 e. The molecule has 2 heterocycles. The first-order valence-electron chi connectivity index (χ1n) is 9.74. The Morgan fingerprint density at radius 2 is 1.69 bits per heavy atom. The highest BCUT2D eigenvalue weighted by Crippen LogP contribution is 2.45. The summed E-state index contributed by atoms with van der Waals surface area (Å²) in [6.45, 7) is -0.657. The number of benzene rings is 2. The molecule has 0 amide bonds. The lowest BCUT2D eigenvalue weighted by molar-refractivity contribution is -0.232. The number of rotatable bonds is 4. The van der Waals surface area contributed by atoms with Gasteiger partial charge in [0.05, 0.1) is 19.3 Å². The lowest BCUT2D eigenvalue weighted by Crippen LogP contribution is -2.55. The van der Waals surface area contributed by atoms with E-state index >= 15 is 0 Å². The van der Waals surface area contributed by atoms with Crippen LogP contribution in [0, 0.1) is 0 Å². The van der Waals surface area contributed by atoms with Crippen molar-refractivity contribution in [3.05, 3.63) is 52.2 Å². The first-order valence-corrected chi connectivity index (χ1v) is 9.74. The van der Waals surface area contributed by atoms with Gasteiger partial charge in [0, 0.05) is 17.7 Å². The summed E-state index contributed by atoms with van der Waals surface area (Å²) in [5, 5.41) is 60.3. The molecule has 170 valence electrons. The van der Waals surface area contributed by atoms with Crippen LogP contribution in [0.4, 0.5) is 0 Å². The molecule has 0 aliphatic carbocycles. The topological polar surface area (TPSA) is 170 Å². The maximum absolute atomic E-state index is 12.9. The Balaban J connectivity index is 1.89. The maximum Gasteiger partial charge on any atom is 0.197 e. The first-order chi connectivity index (χ1) is 15.3. The van der Waals surface area contributed by atoms with Gasteiger partial charge in [-0.3, -0.25) is 4.79 Å². The highest BCUT2D eigenvalue weighted by molar-refractivity contribution is 5.88. The summed E-state index contributed by atoms with van der Waals surface area (Å²) in [6.07, 6.45) is -7.59. The van der Waals surface area contributed by atoms with Gasteiger partial charge in [0.2, 0.25) is 0 Å². The van der Waals surface area contributed by atoms with E-state index in [9.17, 15) is 35.4 Å². The Kier molecular flexibility index (Phi) is 5.80. The molecule has 10 heteroatoms. The number of phenols is 2. The number of hydrogen-bond acceptors (Lipinski definition) is 10. The number of methoxy groups -OCH3 is 1. The van der Waals surface area contributed by atoms with E-state index in [1.54, 1.807) is 12.1 Å². The van der Waals surface area contributed by atoms with Crippen molar-refractivity contribution in [2.24, 2.45) is 0 Å². The SMILES string of the molecule is COc1cc2oc(-c3ccc(O)cc3)cc(=O)c2c(O)c1C1O[C@H](CO)C(O)C(O)C1O. The van der Waals surface area contributed by atoms with Crippen LogP contribution in [0.5, 0.6) is 17.2 Å². The number of aliphatic hydroxyl groups is 4. The highest BCUT2D eigenvalue weighted by Gasteiger charge is 2.46. The van der Waals surface area contributed by atoms with E-state index in [1.807, 2.05) is 0 Å². The molecule has 0 radical (unpaired) electrons. The summed E-state index contributed by atoms with van der Waals surface area (Å²) in [7, 11) is 1.29. The third kappa shape index (κ3) is 3.57. The van der Waals surface area contributed by atoms with Crippen LogP contribution in [0.2, 0.25) is 0 Å². The normalized spacial score (nSPS) is 25.7. The van der Waals surface area contributed by atoms with Gasteiger partial charge in [-0.15, -0.1) is 0 Å². The molecule has 0 bridgehead atoms. The van der Waals surface area contributed by atoms with Crippen LogP contribution < -0.4 is 10.2 Å². The molecular weight excluding hydrogens is 424 g/mol. The summed E-state index contributed by atoms with van der Waals surface area (Å²) in [4.78, 5) is 12.9. The minimum absolute atomic E-state index is 0.00895. The summed E-state index contributed by atoms with van der Waals surface area (Å²) >= 11 is 0. The van der Waals surface area contributed by atoms with Crippen LogP contribution in [0.15, 0.2) is 45.6 Å². The Labute approximate surface area is 181 Å². The van der Waals surface area contributed by atoms with Crippen molar-refractivity contribution in [1.29, 1.82) is 0 Å². The summed E-state index contributed by atoms with van der Waals surface area (Å²) < 4.78 is 16.6. The van der Waals surface area contributed by atoms with Gasteiger partial charge in [-0.1, -0.05) is 0 Å². The van der Waals surface area contributed by atoms with E-state index in [4.69, 9.17) is 13.9 Å². The molecule has 1 aliphatic heterocycles. The monoisotopic (exact) mass is 446 g/mol. The fraction of sp³-hybridized carbons (Fsp3) is 0.318. The average Bonchev–Trinajstić information content (AvgIpc) is 2.78. The van der Waals surface area contributed by atoms with Crippen molar-refractivity contribution in [3.63, 3.8) is 0 Å². The molecule has 2 aromatic carbocycles. The lowest BCUT2D eigenvalue weighted by Gasteiger charge is -2.40. The molecule has 3 aromatic rings. The molecule has 5 atom stereocenters. The Morgan fingerprint density at radius 1 is 1.00 bits per heavy atom. The number of fused-ring (bicyclic) bond motifs is 1. The second kappa shape index (κ2) is 8.41.